The minimum atomic E-state index is 0.196. The average molecular weight is 345 g/mol. The van der Waals surface area contributed by atoms with Crippen molar-refractivity contribution in [2.24, 2.45) is 7.05 Å². The van der Waals surface area contributed by atoms with Gasteiger partial charge in [-0.1, -0.05) is 18.2 Å². The van der Waals surface area contributed by atoms with Crippen LogP contribution in [0.4, 0.5) is 11.8 Å². The molecule has 0 fully saturated rings. The number of fused-ring (bicyclic) bond motifs is 4. The van der Waals surface area contributed by atoms with Crippen LogP contribution in [-0.4, -0.2) is 14.5 Å². The van der Waals surface area contributed by atoms with Gasteiger partial charge in [0.05, 0.1) is 16.4 Å². The van der Waals surface area contributed by atoms with Gasteiger partial charge in [0.1, 0.15) is 5.82 Å². The van der Waals surface area contributed by atoms with Gasteiger partial charge >= 0.3 is 0 Å². The molecule has 6 heteroatoms. The van der Waals surface area contributed by atoms with Gasteiger partial charge in [-0.2, -0.15) is 4.98 Å². The Bertz CT molecular complexity index is 1280. The second-order valence-electron chi connectivity index (χ2n) is 6.12. The van der Waals surface area contributed by atoms with Crippen LogP contribution in [0.25, 0.3) is 43.0 Å². The van der Waals surface area contributed by atoms with Crippen molar-refractivity contribution >= 4 is 55.0 Å². The molecule has 0 aliphatic heterocycles. The Morgan fingerprint density at radius 1 is 1.00 bits per heavy atom. The molecule has 0 unspecified atom stereocenters. The molecule has 122 valence electrons. The molecule has 0 amide bonds. The van der Waals surface area contributed by atoms with Crippen LogP contribution in [0.5, 0.6) is 0 Å². The van der Waals surface area contributed by atoms with Gasteiger partial charge in [0.25, 0.3) is 0 Å². The highest BCUT2D eigenvalue weighted by molar-refractivity contribution is 7.17. The van der Waals surface area contributed by atoms with Gasteiger partial charge in [0.15, 0.2) is 0 Å². The molecule has 5 rings (SSSR count). The normalized spacial score (nSPS) is 11.7. The predicted octanol–water partition coefficient (Wildman–Crippen LogP) is 4.17. The Labute approximate surface area is 147 Å². The largest absolute Gasteiger partial charge is 0.383 e. The molecule has 2 aromatic carbocycles. The summed E-state index contributed by atoms with van der Waals surface area (Å²) in [4.78, 5) is 8.57. The van der Waals surface area contributed by atoms with Gasteiger partial charge in [0.2, 0.25) is 5.95 Å². The van der Waals surface area contributed by atoms with E-state index in [1.54, 1.807) is 11.3 Å². The van der Waals surface area contributed by atoms with Gasteiger partial charge in [-0.25, -0.2) is 4.98 Å². The van der Waals surface area contributed by atoms with Crippen molar-refractivity contribution in [3.63, 3.8) is 0 Å². The first-order chi connectivity index (χ1) is 12.1. The fraction of sp³-hybridized carbons (Fsp3) is 0.0526. The second-order valence-corrected chi connectivity index (χ2v) is 7.03. The average Bonchev–Trinajstić information content (AvgIpc) is 3.18. The van der Waals surface area contributed by atoms with E-state index in [1.165, 1.54) is 15.6 Å². The van der Waals surface area contributed by atoms with Crippen molar-refractivity contribution in [1.29, 1.82) is 0 Å². The predicted molar refractivity (Wildman–Crippen MR) is 106 cm³/mol. The summed E-state index contributed by atoms with van der Waals surface area (Å²) in [6, 6.07) is 12.6. The number of hydrogen-bond acceptors (Lipinski definition) is 5. The molecular weight excluding hydrogens is 330 g/mol. The first-order valence-corrected chi connectivity index (χ1v) is 8.79. The van der Waals surface area contributed by atoms with Crippen LogP contribution in [0.3, 0.4) is 0 Å². The van der Waals surface area contributed by atoms with E-state index in [4.69, 9.17) is 11.5 Å². The molecule has 3 heterocycles. The summed E-state index contributed by atoms with van der Waals surface area (Å²) < 4.78 is 3.38. The third kappa shape index (κ3) is 1.94. The topological polar surface area (TPSA) is 82.8 Å². The Balaban J connectivity index is 1.99. The lowest BCUT2D eigenvalue weighted by molar-refractivity contribution is 0.970. The number of benzene rings is 2. The summed E-state index contributed by atoms with van der Waals surface area (Å²) >= 11 is 1.75. The lowest BCUT2D eigenvalue weighted by atomic mass is 9.99. The molecule has 0 saturated heterocycles. The maximum atomic E-state index is 6.15. The maximum Gasteiger partial charge on any atom is 0.222 e. The van der Waals surface area contributed by atoms with Crippen molar-refractivity contribution in [2.75, 3.05) is 11.5 Å². The number of thiophene rings is 1. The Morgan fingerprint density at radius 2 is 1.84 bits per heavy atom. The number of aromatic nitrogens is 3. The summed E-state index contributed by atoms with van der Waals surface area (Å²) in [6.45, 7) is 0. The maximum absolute atomic E-state index is 6.15. The zero-order valence-electron chi connectivity index (χ0n) is 13.5. The number of nitrogens with zero attached hydrogens (tertiary/aromatic N) is 3. The van der Waals surface area contributed by atoms with E-state index >= 15 is 0 Å². The van der Waals surface area contributed by atoms with Gasteiger partial charge in [0, 0.05) is 39.8 Å². The van der Waals surface area contributed by atoms with Gasteiger partial charge < -0.3 is 16.0 Å². The van der Waals surface area contributed by atoms with E-state index in [1.807, 2.05) is 13.2 Å². The first-order valence-electron chi connectivity index (χ1n) is 7.91. The van der Waals surface area contributed by atoms with Crippen LogP contribution in [0.1, 0.15) is 0 Å². The quantitative estimate of drug-likeness (QED) is 0.478. The SMILES string of the molecule is Cn1ccc2c3c(N)nc(N)nc3cc(-c3csc4ccccc34)c21. The minimum absolute atomic E-state index is 0.196. The molecule has 0 aliphatic carbocycles. The van der Waals surface area contributed by atoms with E-state index in [-0.39, 0.29) is 5.95 Å². The van der Waals surface area contributed by atoms with Crippen molar-refractivity contribution in [3.05, 3.63) is 48.0 Å². The molecule has 0 spiro atoms. The smallest absolute Gasteiger partial charge is 0.222 e. The number of aryl methyl sites for hydroxylation is 1. The van der Waals surface area contributed by atoms with Gasteiger partial charge in [-0.05, 0) is 23.6 Å². The number of nitrogen functional groups attached to an aromatic ring is 2. The summed E-state index contributed by atoms with van der Waals surface area (Å²) in [5.74, 6) is 0.613. The molecule has 0 atom stereocenters. The number of rotatable bonds is 1. The van der Waals surface area contributed by atoms with Crippen LogP contribution < -0.4 is 11.5 Å². The number of nitrogens with two attached hydrogens (primary N) is 2. The molecular formula is C19H15N5S. The van der Waals surface area contributed by atoms with Crippen LogP contribution in [0.2, 0.25) is 0 Å². The number of anilines is 2. The second kappa shape index (κ2) is 4.94. The first kappa shape index (κ1) is 14.2. The lowest BCUT2D eigenvalue weighted by Crippen LogP contribution is -2.01. The highest BCUT2D eigenvalue weighted by Gasteiger charge is 2.17. The van der Waals surface area contributed by atoms with Crippen LogP contribution in [0.15, 0.2) is 48.0 Å². The Hall–Kier alpha value is -3.12. The van der Waals surface area contributed by atoms with Crippen molar-refractivity contribution < 1.29 is 0 Å². The van der Waals surface area contributed by atoms with Gasteiger partial charge in [-0.15, -0.1) is 11.3 Å². The van der Waals surface area contributed by atoms with E-state index < -0.39 is 0 Å². The van der Waals surface area contributed by atoms with Crippen molar-refractivity contribution in [2.45, 2.75) is 0 Å². The highest BCUT2D eigenvalue weighted by atomic mass is 32.1. The van der Waals surface area contributed by atoms with Crippen molar-refractivity contribution in [3.8, 4) is 11.1 Å². The summed E-state index contributed by atoms with van der Waals surface area (Å²) in [5.41, 5.74) is 16.2. The summed E-state index contributed by atoms with van der Waals surface area (Å²) in [7, 11) is 2.04. The lowest BCUT2D eigenvalue weighted by Gasteiger charge is -2.10. The Kier molecular flexibility index (Phi) is 2.81. The van der Waals surface area contributed by atoms with Crippen LogP contribution in [-0.2, 0) is 7.05 Å². The van der Waals surface area contributed by atoms with E-state index in [2.05, 4.69) is 56.3 Å². The fourth-order valence-electron chi connectivity index (χ4n) is 3.56. The Morgan fingerprint density at radius 3 is 2.72 bits per heavy atom. The fourth-order valence-corrected chi connectivity index (χ4v) is 4.52. The molecule has 0 aliphatic rings. The van der Waals surface area contributed by atoms with Crippen LogP contribution in [0, 0.1) is 0 Å². The van der Waals surface area contributed by atoms with E-state index in [0.29, 0.717) is 5.82 Å². The third-order valence-electron chi connectivity index (χ3n) is 4.63. The van der Waals surface area contributed by atoms with Gasteiger partial charge in [-0.3, -0.25) is 0 Å². The zero-order chi connectivity index (χ0) is 17.1. The molecule has 5 nitrogen and oxygen atoms in total. The molecule has 0 radical (unpaired) electrons. The molecule has 5 aromatic rings. The third-order valence-corrected chi connectivity index (χ3v) is 5.60. The molecule has 4 N–H and O–H groups in total. The van der Waals surface area contributed by atoms with E-state index in [9.17, 15) is 0 Å². The monoisotopic (exact) mass is 345 g/mol. The van der Waals surface area contributed by atoms with E-state index in [0.717, 1.165) is 27.4 Å². The number of hydrogen-bond donors (Lipinski definition) is 2. The molecule has 3 aromatic heterocycles. The van der Waals surface area contributed by atoms with Crippen molar-refractivity contribution in [1.82, 2.24) is 14.5 Å². The summed E-state index contributed by atoms with van der Waals surface area (Å²) in [6.07, 6.45) is 2.04. The minimum Gasteiger partial charge on any atom is -0.383 e. The summed E-state index contributed by atoms with van der Waals surface area (Å²) in [5, 5.41) is 5.34. The highest BCUT2D eigenvalue weighted by Crippen LogP contribution is 2.41. The molecule has 0 bridgehead atoms. The molecule has 0 saturated carbocycles. The zero-order valence-corrected chi connectivity index (χ0v) is 14.3. The molecule has 25 heavy (non-hydrogen) atoms. The standard InChI is InChI=1S/C19H15N5S/c1-24-7-6-11-16-14(22-19(21)23-18(16)20)8-12(17(11)24)13-9-25-15-5-3-2-4-10(13)15/h2-9H,1H3,(H4,20,21,22,23). The van der Waals surface area contributed by atoms with Crippen LogP contribution >= 0.6 is 11.3 Å².